The predicted molar refractivity (Wildman–Crippen MR) is 92.0 cm³/mol. The Morgan fingerprint density at radius 1 is 1.04 bits per heavy atom. The molecule has 0 bridgehead atoms. The third-order valence-electron chi connectivity index (χ3n) is 3.51. The van der Waals surface area contributed by atoms with Crippen LogP contribution in [0.2, 0.25) is 10.0 Å². The highest BCUT2D eigenvalue weighted by atomic mass is 35.5. The smallest absolute Gasteiger partial charge is 0.160 e. The summed E-state index contributed by atoms with van der Waals surface area (Å²) in [5.41, 5.74) is 1.67. The van der Waals surface area contributed by atoms with Gasteiger partial charge >= 0.3 is 0 Å². The number of carboxylic acid groups (broad SMARTS) is 1. The van der Waals surface area contributed by atoms with Gasteiger partial charge in [0.15, 0.2) is 5.82 Å². The van der Waals surface area contributed by atoms with Crippen molar-refractivity contribution in [1.29, 1.82) is 0 Å². The Hall–Kier alpha value is -2.43. The van der Waals surface area contributed by atoms with Gasteiger partial charge < -0.3 is 9.90 Å². The highest BCUT2D eigenvalue weighted by molar-refractivity contribution is 6.36. The summed E-state index contributed by atoms with van der Waals surface area (Å²) in [5, 5.41) is 12.3. The molecule has 0 fully saturated rings. The molecule has 4 nitrogen and oxygen atoms in total. The Labute approximate surface area is 148 Å². The molecule has 0 saturated carbocycles. The SMILES string of the molecule is Cc1nc(-c2ccccc2)nc(-c2ccc(Cl)cc2Cl)c1C(=O)[O-]. The van der Waals surface area contributed by atoms with Crippen LogP contribution in [0, 0.1) is 6.92 Å². The van der Waals surface area contributed by atoms with Gasteiger partial charge in [-0.05, 0) is 25.1 Å². The molecule has 6 heteroatoms. The lowest BCUT2D eigenvalue weighted by atomic mass is 10.0. The molecule has 0 atom stereocenters. The summed E-state index contributed by atoms with van der Waals surface area (Å²) >= 11 is 12.2. The van der Waals surface area contributed by atoms with Crippen molar-refractivity contribution >= 4 is 29.2 Å². The van der Waals surface area contributed by atoms with E-state index in [0.29, 0.717) is 27.1 Å². The first-order chi connectivity index (χ1) is 11.5. The van der Waals surface area contributed by atoms with E-state index in [1.54, 1.807) is 19.1 Å². The minimum Gasteiger partial charge on any atom is -0.545 e. The third kappa shape index (κ3) is 3.11. The predicted octanol–water partition coefficient (Wildman–Crippen LogP) is 3.79. The fraction of sp³-hybridized carbons (Fsp3) is 0.0556. The molecule has 0 amide bonds. The van der Waals surface area contributed by atoms with Crippen molar-refractivity contribution in [2.45, 2.75) is 6.92 Å². The molecule has 0 spiro atoms. The molecular formula is C18H11Cl2N2O2-. The third-order valence-corrected chi connectivity index (χ3v) is 4.06. The molecule has 1 aromatic heterocycles. The first-order valence-electron chi connectivity index (χ1n) is 7.08. The zero-order valence-electron chi connectivity index (χ0n) is 12.6. The average Bonchev–Trinajstić information content (AvgIpc) is 2.54. The number of aryl methyl sites for hydroxylation is 1. The van der Waals surface area contributed by atoms with E-state index < -0.39 is 5.97 Å². The number of nitrogens with zero attached hydrogens (tertiary/aromatic N) is 2. The van der Waals surface area contributed by atoms with E-state index in [9.17, 15) is 9.90 Å². The van der Waals surface area contributed by atoms with Crippen molar-refractivity contribution in [2.24, 2.45) is 0 Å². The van der Waals surface area contributed by atoms with Crippen molar-refractivity contribution in [3.05, 3.63) is 69.8 Å². The standard InChI is InChI=1S/C18H12Cl2N2O2/c1-10-15(18(23)24)16(13-8-7-12(19)9-14(13)20)22-17(21-10)11-5-3-2-4-6-11/h2-9H,1H3,(H,23,24)/p-1. The minimum absolute atomic E-state index is 0.0843. The number of hydrogen-bond acceptors (Lipinski definition) is 4. The van der Waals surface area contributed by atoms with E-state index in [1.807, 2.05) is 30.3 Å². The quantitative estimate of drug-likeness (QED) is 0.715. The van der Waals surface area contributed by atoms with Crippen LogP contribution < -0.4 is 5.11 Å². The Morgan fingerprint density at radius 3 is 2.38 bits per heavy atom. The summed E-state index contributed by atoms with van der Waals surface area (Å²) in [7, 11) is 0. The van der Waals surface area contributed by atoms with Gasteiger partial charge in [-0.15, -0.1) is 0 Å². The minimum atomic E-state index is -1.35. The van der Waals surface area contributed by atoms with E-state index in [2.05, 4.69) is 9.97 Å². The Morgan fingerprint density at radius 2 is 1.75 bits per heavy atom. The molecule has 0 aliphatic carbocycles. The number of carbonyl (C=O) groups excluding carboxylic acids is 1. The van der Waals surface area contributed by atoms with Gasteiger partial charge in [0.1, 0.15) is 0 Å². The van der Waals surface area contributed by atoms with E-state index >= 15 is 0 Å². The molecule has 3 rings (SSSR count). The van der Waals surface area contributed by atoms with Crippen LogP contribution in [-0.2, 0) is 0 Å². The van der Waals surface area contributed by atoms with Crippen LogP contribution in [-0.4, -0.2) is 15.9 Å². The van der Waals surface area contributed by atoms with Gasteiger partial charge in [-0.1, -0.05) is 53.5 Å². The Kier molecular flexibility index (Phi) is 4.51. The maximum Gasteiger partial charge on any atom is 0.160 e. The molecule has 3 aromatic rings. The maximum absolute atomic E-state index is 11.6. The number of aromatic carboxylic acids is 1. The number of aromatic nitrogens is 2. The van der Waals surface area contributed by atoms with Crippen molar-refractivity contribution < 1.29 is 9.90 Å². The number of hydrogen-bond donors (Lipinski definition) is 0. The van der Waals surface area contributed by atoms with Gasteiger partial charge in [-0.2, -0.15) is 0 Å². The van der Waals surface area contributed by atoms with Crippen molar-refractivity contribution in [1.82, 2.24) is 9.97 Å². The molecule has 0 radical (unpaired) electrons. The Bertz CT molecular complexity index is 928. The lowest BCUT2D eigenvalue weighted by Gasteiger charge is -2.15. The van der Waals surface area contributed by atoms with Gasteiger partial charge in [-0.3, -0.25) is 0 Å². The van der Waals surface area contributed by atoms with Crippen LogP contribution in [0.3, 0.4) is 0 Å². The maximum atomic E-state index is 11.6. The summed E-state index contributed by atoms with van der Waals surface area (Å²) in [6, 6.07) is 14.1. The van der Waals surface area contributed by atoms with E-state index in [-0.39, 0.29) is 11.3 Å². The van der Waals surface area contributed by atoms with Crippen molar-refractivity contribution in [2.75, 3.05) is 0 Å². The first-order valence-corrected chi connectivity index (χ1v) is 7.84. The molecule has 0 aliphatic rings. The summed E-state index contributed by atoms with van der Waals surface area (Å²) < 4.78 is 0. The fourth-order valence-corrected chi connectivity index (χ4v) is 2.91. The summed E-state index contributed by atoms with van der Waals surface area (Å²) in [4.78, 5) is 20.3. The highest BCUT2D eigenvalue weighted by Crippen LogP contribution is 2.33. The summed E-state index contributed by atoms with van der Waals surface area (Å²) in [6.07, 6.45) is 0. The molecule has 0 N–H and O–H groups in total. The van der Waals surface area contributed by atoms with E-state index in [4.69, 9.17) is 23.2 Å². The molecule has 2 aromatic carbocycles. The van der Waals surface area contributed by atoms with Crippen LogP contribution in [0.25, 0.3) is 22.6 Å². The second kappa shape index (κ2) is 6.59. The largest absolute Gasteiger partial charge is 0.545 e. The normalized spacial score (nSPS) is 10.6. The van der Waals surface area contributed by atoms with Crippen LogP contribution >= 0.6 is 23.2 Å². The van der Waals surface area contributed by atoms with Crippen molar-refractivity contribution in [3.8, 4) is 22.6 Å². The average molecular weight is 358 g/mol. The van der Waals surface area contributed by atoms with E-state index in [1.165, 1.54) is 6.07 Å². The second-order valence-electron chi connectivity index (χ2n) is 5.13. The number of rotatable bonds is 3. The molecule has 24 heavy (non-hydrogen) atoms. The number of benzene rings is 2. The van der Waals surface area contributed by atoms with Gasteiger partial charge in [-0.25, -0.2) is 9.97 Å². The molecule has 0 aliphatic heterocycles. The molecule has 0 saturated heterocycles. The van der Waals surface area contributed by atoms with Crippen LogP contribution in [0.15, 0.2) is 48.5 Å². The van der Waals surface area contributed by atoms with Crippen LogP contribution in [0.1, 0.15) is 16.1 Å². The molecular weight excluding hydrogens is 347 g/mol. The number of carboxylic acids is 1. The zero-order valence-corrected chi connectivity index (χ0v) is 14.1. The van der Waals surface area contributed by atoms with Gasteiger partial charge in [0.05, 0.1) is 22.4 Å². The highest BCUT2D eigenvalue weighted by Gasteiger charge is 2.17. The summed E-state index contributed by atoms with van der Waals surface area (Å²) in [5.74, 6) is -0.938. The van der Waals surface area contributed by atoms with E-state index in [0.717, 1.165) is 5.56 Å². The molecule has 1 heterocycles. The lowest BCUT2D eigenvalue weighted by Crippen LogP contribution is -2.25. The number of halogens is 2. The van der Waals surface area contributed by atoms with Gasteiger partial charge in [0.2, 0.25) is 0 Å². The lowest BCUT2D eigenvalue weighted by molar-refractivity contribution is -0.255. The molecule has 0 unspecified atom stereocenters. The molecule has 120 valence electrons. The number of carbonyl (C=O) groups is 1. The van der Waals surface area contributed by atoms with Crippen LogP contribution in [0.5, 0.6) is 0 Å². The first kappa shape index (κ1) is 16.4. The zero-order chi connectivity index (χ0) is 17.3. The topological polar surface area (TPSA) is 65.9 Å². The van der Waals surface area contributed by atoms with Gasteiger partial charge in [0.25, 0.3) is 0 Å². The second-order valence-corrected chi connectivity index (χ2v) is 5.98. The van der Waals surface area contributed by atoms with Crippen LogP contribution in [0.4, 0.5) is 0 Å². The monoisotopic (exact) mass is 357 g/mol. The fourth-order valence-electron chi connectivity index (χ4n) is 2.41. The summed E-state index contributed by atoms with van der Waals surface area (Å²) in [6.45, 7) is 1.60. The Balaban J connectivity index is 2.30. The van der Waals surface area contributed by atoms with Gasteiger partial charge in [0, 0.05) is 21.7 Å². The van der Waals surface area contributed by atoms with Crippen molar-refractivity contribution in [3.63, 3.8) is 0 Å².